The van der Waals surface area contributed by atoms with Crippen LogP contribution in [0.5, 0.6) is 5.88 Å². The van der Waals surface area contributed by atoms with Crippen molar-refractivity contribution >= 4 is 11.6 Å². The van der Waals surface area contributed by atoms with E-state index in [1.807, 2.05) is 50.2 Å². The maximum Gasteiger partial charge on any atom is 0.229 e. The fourth-order valence-corrected chi connectivity index (χ4v) is 3.70. The Hall–Kier alpha value is -3.23. The van der Waals surface area contributed by atoms with Gasteiger partial charge in [0.1, 0.15) is 11.6 Å². The molecule has 2 aromatic carbocycles. The number of aromatic nitrogens is 2. The van der Waals surface area contributed by atoms with Crippen molar-refractivity contribution in [3.63, 3.8) is 0 Å². The average Bonchev–Trinajstić information content (AvgIpc) is 2.97. The Kier molecular flexibility index (Phi) is 4.14. The first-order chi connectivity index (χ1) is 13.0. The minimum atomic E-state index is -0.326. The highest BCUT2D eigenvalue weighted by molar-refractivity contribution is 6.30. The van der Waals surface area contributed by atoms with Gasteiger partial charge in [-0.05, 0) is 43.2 Å². The topological polar surface area (TPSA) is 76.9 Å². The second-order valence-corrected chi connectivity index (χ2v) is 6.91. The van der Waals surface area contributed by atoms with E-state index in [9.17, 15) is 5.26 Å². The Morgan fingerprint density at radius 3 is 2.67 bits per heavy atom. The molecule has 0 saturated heterocycles. The van der Waals surface area contributed by atoms with Crippen LogP contribution in [0.3, 0.4) is 0 Å². The first kappa shape index (κ1) is 17.2. The van der Waals surface area contributed by atoms with Crippen LogP contribution in [-0.2, 0) is 0 Å². The van der Waals surface area contributed by atoms with Gasteiger partial charge >= 0.3 is 0 Å². The molecule has 1 aliphatic heterocycles. The Morgan fingerprint density at radius 1 is 1.19 bits per heavy atom. The molecule has 27 heavy (non-hydrogen) atoms. The third-order valence-corrected chi connectivity index (χ3v) is 5.02. The highest BCUT2D eigenvalue weighted by Gasteiger charge is 2.36. The highest BCUT2D eigenvalue weighted by atomic mass is 35.5. The number of allylic oxidation sites excluding steroid dienone is 1. The van der Waals surface area contributed by atoms with Crippen molar-refractivity contribution in [3.05, 3.63) is 87.4 Å². The van der Waals surface area contributed by atoms with Crippen molar-refractivity contribution in [3.8, 4) is 17.6 Å². The molecule has 1 aromatic heterocycles. The summed E-state index contributed by atoms with van der Waals surface area (Å²) >= 11 is 6.15. The van der Waals surface area contributed by atoms with E-state index in [0.717, 1.165) is 28.1 Å². The Balaban J connectivity index is 1.99. The maximum absolute atomic E-state index is 9.75. The summed E-state index contributed by atoms with van der Waals surface area (Å²) < 4.78 is 7.55. The van der Waals surface area contributed by atoms with Gasteiger partial charge in [-0.3, -0.25) is 0 Å². The normalized spacial score (nSPS) is 15.9. The minimum absolute atomic E-state index is 0.0985. The summed E-state index contributed by atoms with van der Waals surface area (Å²) in [7, 11) is 0. The van der Waals surface area contributed by atoms with Crippen molar-refractivity contribution in [1.82, 2.24) is 9.78 Å². The molecule has 0 saturated carbocycles. The summed E-state index contributed by atoms with van der Waals surface area (Å²) in [4.78, 5) is 0. The number of hydrogen-bond acceptors (Lipinski definition) is 4. The number of aryl methyl sites for hydroxylation is 2. The van der Waals surface area contributed by atoms with Crippen LogP contribution in [0.15, 0.2) is 60.0 Å². The van der Waals surface area contributed by atoms with Crippen molar-refractivity contribution in [2.24, 2.45) is 5.73 Å². The highest BCUT2D eigenvalue weighted by Crippen LogP contribution is 2.45. The molecule has 4 rings (SSSR count). The maximum atomic E-state index is 9.75. The number of halogens is 1. The molecule has 0 radical (unpaired) electrons. The van der Waals surface area contributed by atoms with Crippen molar-refractivity contribution in [1.29, 1.82) is 5.26 Å². The first-order valence-corrected chi connectivity index (χ1v) is 8.87. The first-order valence-electron chi connectivity index (χ1n) is 8.50. The SMILES string of the molecule is Cc1ccccc1[C@H]1C(C#N)=C(N)Oc2c1c(C)nn2-c1cccc(Cl)c1. The molecule has 0 unspecified atom stereocenters. The summed E-state index contributed by atoms with van der Waals surface area (Å²) in [5, 5.41) is 15.0. The molecular weight excluding hydrogens is 360 g/mol. The van der Waals surface area contributed by atoms with Gasteiger partial charge in [0.2, 0.25) is 11.8 Å². The number of benzene rings is 2. The van der Waals surface area contributed by atoms with Gasteiger partial charge in [-0.1, -0.05) is 41.9 Å². The van der Waals surface area contributed by atoms with Gasteiger partial charge in [0.15, 0.2) is 0 Å². The van der Waals surface area contributed by atoms with Crippen LogP contribution in [0.25, 0.3) is 5.69 Å². The van der Waals surface area contributed by atoms with Crippen LogP contribution in [0.1, 0.15) is 28.3 Å². The van der Waals surface area contributed by atoms with E-state index in [1.165, 1.54) is 0 Å². The lowest BCUT2D eigenvalue weighted by Gasteiger charge is -2.26. The predicted molar refractivity (Wildman–Crippen MR) is 104 cm³/mol. The zero-order valence-electron chi connectivity index (χ0n) is 14.9. The molecule has 5 nitrogen and oxygen atoms in total. The minimum Gasteiger partial charge on any atom is -0.422 e. The molecule has 2 N–H and O–H groups in total. The van der Waals surface area contributed by atoms with Gasteiger partial charge in [-0.15, -0.1) is 0 Å². The number of rotatable bonds is 2. The lowest BCUT2D eigenvalue weighted by molar-refractivity contribution is 0.367. The summed E-state index contributed by atoms with van der Waals surface area (Å²) in [5.41, 5.74) is 11.0. The Bertz CT molecular complexity index is 1120. The molecule has 6 heteroatoms. The Morgan fingerprint density at radius 2 is 1.96 bits per heavy atom. The van der Waals surface area contributed by atoms with E-state index < -0.39 is 0 Å². The zero-order valence-corrected chi connectivity index (χ0v) is 15.7. The van der Waals surface area contributed by atoms with Crippen LogP contribution in [-0.4, -0.2) is 9.78 Å². The lowest BCUT2D eigenvalue weighted by Crippen LogP contribution is -2.22. The lowest BCUT2D eigenvalue weighted by atomic mass is 9.82. The fourth-order valence-electron chi connectivity index (χ4n) is 3.52. The number of nitrogens with two attached hydrogens (primary N) is 1. The van der Waals surface area contributed by atoms with Gasteiger partial charge < -0.3 is 10.5 Å². The largest absolute Gasteiger partial charge is 0.422 e. The molecule has 0 bridgehead atoms. The molecule has 0 aliphatic carbocycles. The zero-order chi connectivity index (χ0) is 19.1. The number of nitriles is 1. The monoisotopic (exact) mass is 376 g/mol. The van der Waals surface area contributed by atoms with E-state index in [0.29, 0.717) is 16.5 Å². The van der Waals surface area contributed by atoms with E-state index in [-0.39, 0.29) is 11.8 Å². The molecule has 2 heterocycles. The molecule has 0 spiro atoms. The van der Waals surface area contributed by atoms with Crippen LogP contribution in [0.2, 0.25) is 5.02 Å². The van der Waals surface area contributed by atoms with E-state index in [4.69, 9.17) is 22.1 Å². The second kappa shape index (κ2) is 6.49. The Labute approximate surface area is 162 Å². The van der Waals surface area contributed by atoms with Gasteiger partial charge in [-0.2, -0.15) is 10.4 Å². The van der Waals surface area contributed by atoms with Crippen molar-refractivity contribution in [2.45, 2.75) is 19.8 Å². The van der Waals surface area contributed by atoms with Gasteiger partial charge in [0, 0.05) is 5.02 Å². The van der Waals surface area contributed by atoms with Gasteiger partial charge in [-0.25, -0.2) is 4.68 Å². The predicted octanol–water partition coefficient (Wildman–Crippen LogP) is 4.36. The number of ether oxygens (including phenoxy) is 1. The van der Waals surface area contributed by atoms with Crippen LogP contribution in [0.4, 0.5) is 0 Å². The van der Waals surface area contributed by atoms with E-state index in [2.05, 4.69) is 11.2 Å². The smallest absolute Gasteiger partial charge is 0.229 e. The van der Waals surface area contributed by atoms with E-state index >= 15 is 0 Å². The van der Waals surface area contributed by atoms with Crippen molar-refractivity contribution in [2.75, 3.05) is 0 Å². The molecule has 3 aromatic rings. The molecular formula is C21H17ClN4O. The molecule has 0 fully saturated rings. The summed E-state index contributed by atoms with van der Waals surface area (Å²) in [6.07, 6.45) is 0. The number of fused-ring (bicyclic) bond motifs is 1. The second-order valence-electron chi connectivity index (χ2n) is 6.48. The third-order valence-electron chi connectivity index (χ3n) is 4.78. The summed E-state index contributed by atoms with van der Waals surface area (Å²) in [6.45, 7) is 3.93. The van der Waals surface area contributed by atoms with Crippen LogP contribution < -0.4 is 10.5 Å². The quantitative estimate of drug-likeness (QED) is 0.720. The molecule has 134 valence electrons. The molecule has 1 atom stereocenters. The van der Waals surface area contributed by atoms with Crippen LogP contribution >= 0.6 is 11.6 Å². The summed E-state index contributed by atoms with van der Waals surface area (Å²) in [6, 6.07) is 17.5. The number of nitrogens with zero attached hydrogens (tertiary/aromatic N) is 3. The van der Waals surface area contributed by atoms with Crippen molar-refractivity contribution < 1.29 is 4.74 Å². The fraction of sp³-hybridized carbons (Fsp3) is 0.143. The third kappa shape index (κ3) is 2.75. The standard InChI is InChI=1S/C21H17ClN4O/c1-12-6-3-4-9-16(12)19-17(11-23)20(24)27-21-18(19)13(2)25-26(21)15-8-5-7-14(22)10-15/h3-10,19H,24H2,1-2H3/t19-/m0/s1. The molecule has 0 amide bonds. The van der Waals surface area contributed by atoms with Gasteiger partial charge in [0.25, 0.3) is 0 Å². The van der Waals surface area contributed by atoms with Crippen LogP contribution in [0, 0.1) is 25.2 Å². The van der Waals surface area contributed by atoms with E-state index in [1.54, 1.807) is 16.8 Å². The molecule has 1 aliphatic rings. The average molecular weight is 377 g/mol. The van der Waals surface area contributed by atoms with Gasteiger partial charge in [0.05, 0.1) is 22.9 Å². The summed E-state index contributed by atoms with van der Waals surface area (Å²) in [5.74, 6) is 0.286. The number of hydrogen-bond donors (Lipinski definition) is 1.